The van der Waals surface area contributed by atoms with E-state index in [1.807, 2.05) is 18.5 Å². The molecule has 0 aliphatic heterocycles. The molecule has 2 nitrogen and oxygen atoms in total. The van der Waals surface area contributed by atoms with Gasteiger partial charge < -0.3 is 5.32 Å². The number of pyridine rings is 1. The van der Waals surface area contributed by atoms with Crippen molar-refractivity contribution in [3.63, 3.8) is 0 Å². The number of nitrogens with zero attached hydrogens (tertiary/aromatic N) is 1. The number of rotatable bonds is 7. The van der Waals surface area contributed by atoms with Crippen molar-refractivity contribution in [2.24, 2.45) is 5.92 Å². The summed E-state index contributed by atoms with van der Waals surface area (Å²) in [6, 6.07) is 4.93. The monoisotopic (exact) mass is 218 g/mol. The van der Waals surface area contributed by atoms with E-state index in [2.05, 4.69) is 23.3 Å². The molecule has 2 rings (SSSR count). The highest BCUT2D eigenvalue weighted by Crippen LogP contribution is 2.34. The molecular weight excluding hydrogens is 196 g/mol. The third kappa shape index (κ3) is 3.60. The molecule has 1 aromatic rings. The normalized spacial score (nSPS) is 17.3. The molecule has 88 valence electrons. The predicted octanol–water partition coefficient (Wildman–Crippen LogP) is 2.79. The van der Waals surface area contributed by atoms with Gasteiger partial charge in [-0.3, -0.25) is 4.98 Å². The lowest BCUT2D eigenvalue weighted by Crippen LogP contribution is -2.32. The molecule has 0 radical (unpaired) electrons. The van der Waals surface area contributed by atoms with Crippen LogP contribution in [0.15, 0.2) is 24.5 Å². The van der Waals surface area contributed by atoms with E-state index < -0.39 is 0 Å². The first-order chi connectivity index (χ1) is 7.90. The second-order valence-corrected chi connectivity index (χ2v) is 4.80. The van der Waals surface area contributed by atoms with Crippen molar-refractivity contribution in [2.75, 3.05) is 6.54 Å². The van der Waals surface area contributed by atoms with Crippen LogP contribution in [0, 0.1) is 5.92 Å². The van der Waals surface area contributed by atoms with Crippen LogP contribution in [-0.2, 0) is 6.42 Å². The molecular formula is C14H22N2. The van der Waals surface area contributed by atoms with Gasteiger partial charge in [0.05, 0.1) is 0 Å². The molecule has 1 aliphatic rings. The second-order valence-electron chi connectivity index (χ2n) is 4.80. The van der Waals surface area contributed by atoms with Crippen LogP contribution in [0.1, 0.15) is 38.2 Å². The summed E-state index contributed by atoms with van der Waals surface area (Å²) < 4.78 is 0. The predicted molar refractivity (Wildman–Crippen MR) is 67.4 cm³/mol. The summed E-state index contributed by atoms with van der Waals surface area (Å²) in [4.78, 5) is 4.14. The molecule has 1 atom stereocenters. The number of aromatic nitrogens is 1. The maximum atomic E-state index is 4.14. The van der Waals surface area contributed by atoms with Gasteiger partial charge in [0.25, 0.3) is 0 Å². The van der Waals surface area contributed by atoms with Crippen LogP contribution in [0.25, 0.3) is 0 Å². The zero-order valence-corrected chi connectivity index (χ0v) is 10.2. The lowest BCUT2D eigenvalue weighted by atomic mass is 10.1. The summed E-state index contributed by atoms with van der Waals surface area (Å²) in [6.07, 6.45) is 10.4. The Balaban J connectivity index is 1.70. The molecule has 1 N–H and O–H groups in total. The van der Waals surface area contributed by atoms with Crippen molar-refractivity contribution in [2.45, 2.75) is 45.1 Å². The Hall–Kier alpha value is -0.890. The summed E-state index contributed by atoms with van der Waals surface area (Å²) in [5.41, 5.74) is 1.33. The van der Waals surface area contributed by atoms with Crippen molar-refractivity contribution in [1.29, 1.82) is 0 Å². The highest BCUT2D eigenvalue weighted by atomic mass is 14.9. The average Bonchev–Trinajstić information content (AvgIpc) is 3.13. The van der Waals surface area contributed by atoms with E-state index in [1.54, 1.807) is 0 Å². The zero-order valence-electron chi connectivity index (χ0n) is 10.2. The topological polar surface area (TPSA) is 24.9 Å². The van der Waals surface area contributed by atoms with Crippen LogP contribution < -0.4 is 5.32 Å². The van der Waals surface area contributed by atoms with Crippen molar-refractivity contribution in [3.05, 3.63) is 30.1 Å². The molecule has 1 unspecified atom stereocenters. The Labute approximate surface area is 98.5 Å². The second kappa shape index (κ2) is 6.00. The Morgan fingerprint density at radius 2 is 2.38 bits per heavy atom. The molecule has 1 aliphatic carbocycles. The molecule has 0 saturated heterocycles. The van der Waals surface area contributed by atoms with Gasteiger partial charge in [-0.05, 0) is 49.8 Å². The van der Waals surface area contributed by atoms with Gasteiger partial charge in [-0.2, -0.15) is 0 Å². The van der Waals surface area contributed by atoms with E-state index in [1.165, 1.54) is 31.2 Å². The van der Waals surface area contributed by atoms with Gasteiger partial charge in [0, 0.05) is 18.4 Å². The lowest BCUT2D eigenvalue weighted by molar-refractivity contribution is 0.434. The van der Waals surface area contributed by atoms with Crippen molar-refractivity contribution in [3.8, 4) is 0 Å². The maximum Gasteiger partial charge on any atom is 0.0300 e. The highest BCUT2D eigenvalue weighted by molar-refractivity contribution is 5.08. The van der Waals surface area contributed by atoms with Gasteiger partial charge in [0.1, 0.15) is 0 Å². The van der Waals surface area contributed by atoms with Crippen LogP contribution in [0.2, 0.25) is 0 Å². The fraction of sp³-hybridized carbons (Fsp3) is 0.643. The number of hydrogen-bond donors (Lipinski definition) is 1. The first-order valence-corrected chi connectivity index (χ1v) is 6.52. The fourth-order valence-electron chi connectivity index (χ4n) is 2.26. The van der Waals surface area contributed by atoms with Crippen LogP contribution in [0.4, 0.5) is 0 Å². The molecule has 1 aromatic heterocycles. The summed E-state index contributed by atoms with van der Waals surface area (Å²) in [7, 11) is 0. The van der Waals surface area contributed by atoms with Gasteiger partial charge in [-0.15, -0.1) is 0 Å². The van der Waals surface area contributed by atoms with E-state index in [-0.39, 0.29) is 0 Å². The Morgan fingerprint density at radius 1 is 1.50 bits per heavy atom. The summed E-state index contributed by atoms with van der Waals surface area (Å²) in [5, 5.41) is 3.70. The molecule has 1 saturated carbocycles. The van der Waals surface area contributed by atoms with E-state index in [4.69, 9.17) is 0 Å². The van der Waals surface area contributed by atoms with Crippen LogP contribution >= 0.6 is 0 Å². The smallest absolute Gasteiger partial charge is 0.0300 e. The maximum absolute atomic E-state index is 4.14. The van der Waals surface area contributed by atoms with Gasteiger partial charge in [-0.25, -0.2) is 0 Å². The van der Waals surface area contributed by atoms with Gasteiger partial charge >= 0.3 is 0 Å². The first kappa shape index (κ1) is 11.6. The van der Waals surface area contributed by atoms with Crippen molar-refractivity contribution in [1.82, 2.24) is 10.3 Å². The number of hydrogen-bond acceptors (Lipinski definition) is 2. The third-order valence-electron chi connectivity index (χ3n) is 3.33. The summed E-state index contributed by atoms with van der Waals surface area (Å²) in [6.45, 7) is 3.37. The molecule has 1 heterocycles. The van der Waals surface area contributed by atoms with Crippen LogP contribution in [0.3, 0.4) is 0 Å². The zero-order chi connectivity index (χ0) is 11.2. The van der Waals surface area contributed by atoms with Crippen molar-refractivity contribution >= 4 is 0 Å². The molecule has 16 heavy (non-hydrogen) atoms. The minimum absolute atomic E-state index is 0.765. The van der Waals surface area contributed by atoms with Crippen LogP contribution in [0.5, 0.6) is 0 Å². The van der Waals surface area contributed by atoms with Crippen molar-refractivity contribution < 1.29 is 0 Å². The summed E-state index contributed by atoms with van der Waals surface area (Å²) >= 11 is 0. The minimum Gasteiger partial charge on any atom is -0.313 e. The standard InChI is InChI=1S/C14H22N2/c1-2-4-14(13-6-7-13)16-10-8-12-5-3-9-15-11-12/h3,5,9,11,13-14,16H,2,4,6-8,10H2,1H3. The summed E-state index contributed by atoms with van der Waals surface area (Å²) in [5.74, 6) is 0.967. The fourth-order valence-corrected chi connectivity index (χ4v) is 2.26. The Bertz CT molecular complexity index is 293. The van der Waals surface area contributed by atoms with E-state index >= 15 is 0 Å². The first-order valence-electron chi connectivity index (χ1n) is 6.52. The minimum atomic E-state index is 0.765. The van der Waals surface area contributed by atoms with Crippen LogP contribution in [-0.4, -0.2) is 17.6 Å². The SMILES string of the molecule is CCCC(NCCc1cccnc1)C1CC1. The molecule has 2 heteroatoms. The third-order valence-corrected chi connectivity index (χ3v) is 3.33. The molecule has 0 bridgehead atoms. The van der Waals surface area contributed by atoms with E-state index in [9.17, 15) is 0 Å². The van der Waals surface area contributed by atoms with E-state index in [0.29, 0.717) is 0 Å². The quantitative estimate of drug-likeness (QED) is 0.761. The van der Waals surface area contributed by atoms with E-state index in [0.717, 1.165) is 24.9 Å². The molecule has 0 amide bonds. The number of nitrogens with one attached hydrogen (secondary N) is 1. The Kier molecular flexibility index (Phi) is 4.34. The molecule has 0 aromatic carbocycles. The van der Waals surface area contributed by atoms with Gasteiger partial charge in [0.2, 0.25) is 0 Å². The molecule has 1 fully saturated rings. The van der Waals surface area contributed by atoms with Gasteiger partial charge in [-0.1, -0.05) is 19.4 Å². The van der Waals surface area contributed by atoms with Gasteiger partial charge in [0.15, 0.2) is 0 Å². The Morgan fingerprint density at radius 3 is 3.00 bits per heavy atom. The highest BCUT2D eigenvalue weighted by Gasteiger charge is 2.29. The average molecular weight is 218 g/mol. The molecule has 0 spiro atoms. The lowest BCUT2D eigenvalue weighted by Gasteiger charge is -2.17. The largest absolute Gasteiger partial charge is 0.313 e.